The van der Waals surface area contributed by atoms with Crippen LogP contribution in [0.15, 0.2) is 58.7 Å². The van der Waals surface area contributed by atoms with E-state index in [4.69, 9.17) is 9.47 Å². The lowest BCUT2D eigenvalue weighted by Crippen LogP contribution is -2.30. The number of ether oxygens (including phenoxy) is 2. The van der Waals surface area contributed by atoms with Gasteiger partial charge in [-0.2, -0.15) is 5.10 Å². The number of nitrogens with zero attached hydrogens (tertiary/aromatic N) is 3. The molecule has 4 rings (SSSR count). The maximum atomic E-state index is 12.7. The highest BCUT2D eigenvalue weighted by molar-refractivity contribution is 7.18. The molecule has 2 aromatic heterocycles. The van der Waals surface area contributed by atoms with Crippen molar-refractivity contribution in [1.82, 2.24) is 15.0 Å². The molecule has 1 amide bonds. The van der Waals surface area contributed by atoms with Crippen molar-refractivity contribution >= 4 is 33.7 Å². The van der Waals surface area contributed by atoms with Crippen LogP contribution in [-0.2, 0) is 17.9 Å². The lowest BCUT2D eigenvalue weighted by molar-refractivity contribution is -0.121. The first-order chi connectivity index (χ1) is 16.9. The molecule has 0 unspecified atom stereocenters. The largest absolute Gasteiger partial charge is 0.493 e. The molecule has 0 aliphatic heterocycles. The van der Waals surface area contributed by atoms with Crippen LogP contribution in [0.5, 0.6) is 11.5 Å². The van der Waals surface area contributed by atoms with Crippen LogP contribution in [0, 0.1) is 20.8 Å². The van der Waals surface area contributed by atoms with Crippen LogP contribution in [0.25, 0.3) is 10.2 Å². The van der Waals surface area contributed by atoms with Crippen molar-refractivity contribution in [2.24, 2.45) is 5.10 Å². The standard InChI is InChI=1S/C26H26N4O4S/c1-16-5-7-19(8-6-16)14-34-21-10-9-20(11-22(21)33-4)12-28-29-23(31)13-30-15-27-25-24(26(30)32)17(2)18(3)35-25/h5-12,15H,13-14H2,1-4H3,(H,29,31)/b28-12-. The number of thiophene rings is 1. The lowest BCUT2D eigenvalue weighted by atomic mass is 10.2. The average Bonchev–Trinajstić information content (AvgIpc) is 3.14. The Morgan fingerprint density at radius 3 is 2.66 bits per heavy atom. The van der Waals surface area contributed by atoms with Crippen molar-refractivity contribution in [3.8, 4) is 11.5 Å². The van der Waals surface area contributed by atoms with Gasteiger partial charge in [0.25, 0.3) is 11.5 Å². The van der Waals surface area contributed by atoms with Gasteiger partial charge < -0.3 is 9.47 Å². The zero-order valence-electron chi connectivity index (χ0n) is 20.0. The van der Waals surface area contributed by atoms with Crippen LogP contribution in [-0.4, -0.2) is 28.8 Å². The summed E-state index contributed by atoms with van der Waals surface area (Å²) in [5.41, 5.74) is 6.09. The third-order valence-corrected chi connectivity index (χ3v) is 6.69. The van der Waals surface area contributed by atoms with Gasteiger partial charge in [-0.25, -0.2) is 10.4 Å². The van der Waals surface area contributed by atoms with E-state index < -0.39 is 5.91 Å². The van der Waals surface area contributed by atoms with Crippen molar-refractivity contribution in [1.29, 1.82) is 0 Å². The summed E-state index contributed by atoms with van der Waals surface area (Å²) < 4.78 is 12.6. The van der Waals surface area contributed by atoms with E-state index in [2.05, 4.69) is 15.5 Å². The molecule has 2 aromatic carbocycles. The van der Waals surface area contributed by atoms with Gasteiger partial charge in [0.05, 0.1) is 25.0 Å². The molecule has 0 fully saturated rings. The normalized spacial score (nSPS) is 11.2. The fourth-order valence-corrected chi connectivity index (χ4v) is 4.47. The molecule has 0 aliphatic carbocycles. The smallest absolute Gasteiger partial charge is 0.262 e. The number of hydrogen-bond acceptors (Lipinski definition) is 7. The third kappa shape index (κ3) is 5.58. The van der Waals surface area contributed by atoms with Crippen molar-refractivity contribution in [3.05, 3.63) is 86.3 Å². The van der Waals surface area contributed by atoms with Crippen molar-refractivity contribution in [3.63, 3.8) is 0 Å². The summed E-state index contributed by atoms with van der Waals surface area (Å²) in [5, 5.41) is 4.56. The summed E-state index contributed by atoms with van der Waals surface area (Å²) in [6.45, 7) is 6.12. The first-order valence-electron chi connectivity index (χ1n) is 11.0. The Bertz CT molecular complexity index is 1450. The van der Waals surface area contributed by atoms with Gasteiger partial charge in [-0.05, 0) is 55.7 Å². The predicted molar refractivity (Wildman–Crippen MR) is 138 cm³/mol. The maximum Gasteiger partial charge on any atom is 0.262 e. The minimum absolute atomic E-state index is 0.178. The monoisotopic (exact) mass is 490 g/mol. The fourth-order valence-electron chi connectivity index (χ4n) is 3.48. The molecule has 35 heavy (non-hydrogen) atoms. The molecule has 0 saturated carbocycles. The fraction of sp³-hybridized carbons (Fsp3) is 0.231. The second kappa shape index (κ2) is 10.5. The maximum absolute atomic E-state index is 12.7. The lowest BCUT2D eigenvalue weighted by Gasteiger charge is -2.11. The van der Waals surface area contributed by atoms with Crippen molar-refractivity contribution < 1.29 is 14.3 Å². The predicted octanol–water partition coefficient (Wildman–Crippen LogP) is 4.12. The number of aryl methyl sites for hydroxylation is 3. The van der Waals surface area contributed by atoms with E-state index in [0.29, 0.717) is 28.3 Å². The topological polar surface area (TPSA) is 94.8 Å². The number of fused-ring (bicyclic) bond motifs is 1. The van der Waals surface area contributed by atoms with E-state index in [1.54, 1.807) is 19.2 Å². The number of hydrazone groups is 1. The van der Waals surface area contributed by atoms with Crippen LogP contribution in [0.2, 0.25) is 0 Å². The zero-order chi connectivity index (χ0) is 24.9. The minimum Gasteiger partial charge on any atom is -0.493 e. The first kappa shape index (κ1) is 24.2. The summed E-state index contributed by atoms with van der Waals surface area (Å²) in [6.07, 6.45) is 2.89. The van der Waals surface area contributed by atoms with E-state index in [-0.39, 0.29) is 12.1 Å². The molecule has 180 valence electrons. The second-order valence-corrected chi connectivity index (χ2v) is 9.32. The molecule has 0 saturated heterocycles. The Hall–Kier alpha value is -3.98. The quantitative estimate of drug-likeness (QED) is 0.296. The number of methoxy groups -OCH3 is 1. The minimum atomic E-state index is -0.431. The molecule has 8 nitrogen and oxygen atoms in total. The van der Waals surface area contributed by atoms with E-state index >= 15 is 0 Å². The van der Waals surface area contributed by atoms with Crippen molar-refractivity contribution in [2.45, 2.75) is 33.9 Å². The number of nitrogens with one attached hydrogen (secondary N) is 1. The molecule has 0 spiro atoms. The van der Waals surface area contributed by atoms with E-state index in [1.165, 1.54) is 34.0 Å². The molecule has 0 radical (unpaired) electrons. The van der Waals surface area contributed by atoms with Gasteiger partial charge in [0.1, 0.15) is 18.0 Å². The van der Waals surface area contributed by atoms with Crippen molar-refractivity contribution in [2.75, 3.05) is 7.11 Å². The number of hydrogen-bond donors (Lipinski definition) is 1. The summed E-state index contributed by atoms with van der Waals surface area (Å²) in [5.74, 6) is 0.731. The average molecular weight is 491 g/mol. The number of amides is 1. The van der Waals surface area contributed by atoms with E-state index in [1.807, 2.05) is 51.1 Å². The Morgan fingerprint density at radius 1 is 1.14 bits per heavy atom. The third-order valence-electron chi connectivity index (χ3n) is 5.58. The molecule has 0 aliphatic rings. The van der Waals surface area contributed by atoms with Gasteiger partial charge in [-0.15, -0.1) is 11.3 Å². The number of rotatable bonds is 8. The molecule has 4 aromatic rings. The number of benzene rings is 2. The van der Waals surface area contributed by atoms with Gasteiger partial charge in [-0.1, -0.05) is 29.8 Å². The number of carbonyl (C=O) groups is 1. The Morgan fingerprint density at radius 2 is 1.91 bits per heavy atom. The molecule has 2 heterocycles. The highest BCUT2D eigenvalue weighted by Crippen LogP contribution is 2.28. The SMILES string of the molecule is COc1cc(/C=N\NC(=O)Cn2cnc3sc(C)c(C)c3c2=O)ccc1OCc1ccc(C)cc1. The first-order valence-corrected chi connectivity index (χ1v) is 11.8. The van der Waals surface area contributed by atoms with E-state index in [0.717, 1.165) is 21.6 Å². The van der Waals surface area contributed by atoms with Crippen LogP contribution in [0.3, 0.4) is 0 Å². The Balaban J connectivity index is 1.38. The molecule has 9 heteroatoms. The van der Waals surface area contributed by atoms with Crippen LogP contribution in [0.4, 0.5) is 0 Å². The van der Waals surface area contributed by atoms with Gasteiger partial charge in [0.15, 0.2) is 11.5 Å². The van der Waals surface area contributed by atoms with Gasteiger partial charge in [0.2, 0.25) is 0 Å². The summed E-state index contributed by atoms with van der Waals surface area (Å²) in [7, 11) is 1.57. The van der Waals surface area contributed by atoms with Crippen LogP contribution >= 0.6 is 11.3 Å². The van der Waals surface area contributed by atoms with Gasteiger partial charge in [0, 0.05) is 4.88 Å². The van der Waals surface area contributed by atoms with Crippen LogP contribution < -0.4 is 20.5 Å². The van der Waals surface area contributed by atoms with Gasteiger partial charge >= 0.3 is 0 Å². The Kier molecular flexibility index (Phi) is 7.26. The Labute approximate surface area is 206 Å². The van der Waals surface area contributed by atoms with Gasteiger partial charge in [-0.3, -0.25) is 14.2 Å². The molecular formula is C26H26N4O4S. The molecule has 0 atom stereocenters. The van der Waals surface area contributed by atoms with E-state index in [9.17, 15) is 9.59 Å². The number of carbonyl (C=O) groups excluding carboxylic acids is 1. The second-order valence-electron chi connectivity index (χ2n) is 8.12. The number of aromatic nitrogens is 2. The summed E-state index contributed by atoms with van der Waals surface area (Å²) in [6, 6.07) is 13.5. The van der Waals surface area contributed by atoms with Crippen LogP contribution in [0.1, 0.15) is 27.1 Å². The zero-order valence-corrected chi connectivity index (χ0v) is 20.8. The highest BCUT2D eigenvalue weighted by Gasteiger charge is 2.13. The molecular weight excluding hydrogens is 464 g/mol. The summed E-state index contributed by atoms with van der Waals surface area (Å²) in [4.78, 5) is 31.1. The summed E-state index contributed by atoms with van der Waals surface area (Å²) >= 11 is 1.47. The molecule has 1 N–H and O–H groups in total. The molecule has 0 bridgehead atoms. The highest BCUT2D eigenvalue weighted by atomic mass is 32.1.